The fourth-order valence-corrected chi connectivity index (χ4v) is 3.10. The molecule has 9 heteroatoms. The molecule has 1 amide bonds. The van der Waals surface area contributed by atoms with Crippen molar-refractivity contribution >= 4 is 28.5 Å². The van der Waals surface area contributed by atoms with Crippen LogP contribution >= 0.6 is 11.8 Å². The van der Waals surface area contributed by atoms with E-state index < -0.39 is 0 Å². The molecule has 8 nitrogen and oxygen atoms in total. The van der Waals surface area contributed by atoms with Crippen molar-refractivity contribution in [1.82, 2.24) is 15.0 Å². The number of nitrogens with two attached hydrogens (primary N) is 1. The van der Waals surface area contributed by atoms with E-state index in [-0.39, 0.29) is 18.2 Å². The standard InChI is InChI=1S/C23H22N6O2S/c1-2-3-11-31-21-15-26-20(14-27-21)22(30)29-18-9-6-7-17(12-18)13-28-23(24)32-16-19-8-4-5-10-25-19/h4-10,12,14-15H,11,13,16H2,1H3,(H2,24,28)(H,29,30). The lowest BCUT2D eigenvalue weighted by Gasteiger charge is -2.07. The van der Waals surface area contributed by atoms with Crippen LogP contribution in [-0.4, -0.2) is 32.6 Å². The highest BCUT2D eigenvalue weighted by molar-refractivity contribution is 8.13. The number of benzene rings is 1. The van der Waals surface area contributed by atoms with Gasteiger partial charge in [-0.1, -0.05) is 35.9 Å². The topological polar surface area (TPSA) is 115 Å². The quantitative estimate of drug-likeness (QED) is 0.310. The number of hydrogen-bond acceptors (Lipinski definition) is 7. The lowest BCUT2D eigenvalue weighted by atomic mass is 10.2. The van der Waals surface area contributed by atoms with Gasteiger partial charge in [-0.3, -0.25) is 14.8 Å². The van der Waals surface area contributed by atoms with E-state index in [2.05, 4.69) is 37.1 Å². The molecule has 0 fully saturated rings. The molecule has 0 aliphatic rings. The van der Waals surface area contributed by atoms with Crippen molar-refractivity contribution in [2.45, 2.75) is 19.2 Å². The summed E-state index contributed by atoms with van der Waals surface area (Å²) in [6.07, 6.45) is 4.50. The predicted molar refractivity (Wildman–Crippen MR) is 126 cm³/mol. The summed E-state index contributed by atoms with van der Waals surface area (Å²) in [7, 11) is 0. The van der Waals surface area contributed by atoms with Crippen molar-refractivity contribution in [3.63, 3.8) is 0 Å². The second kappa shape index (κ2) is 12.1. The van der Waals surface area contributed by atoms with Crippen LogP contribution in [0, 0.1) is 11.8 Å². The molecule has 0 atom stereocenters. The fraction of sp³-hybridized carbons (Fsp3) is 0.174. The van der Waals surface area contributed by atoms with Crippen molar-refractivity contribution < 1.29 is 9.53 Å². The van der Waals surface area contributed by atoms with E-state index >= 15 is 0 Å². The molecule has 3 rings (SSSR count). The van der Waals surface area contributed by atoms with E-state index in [0.29, 0.717) is 29.0 Å². The maximum atomic E-state index is 12.4. The number of amides is 1. The average molecular weight is 447 g/mol. The van der Waals surface area contributed by atoms with E-state index in [1.165, 1.54) is 24.2 Å². The first-order valence-corrected chi connectivity index (χ1v) is 10.7. The average Bonchev–Trinajstić information content (AvgIpc) is 2.83. The first-order chi connectivity index (χ1) is 15.6. The maximum Gasteiger partial charge on any atom is 0.275 e. The van der Waals surface area contributed by atoms with Gasteiger partial charge in [-0.05, 0) is 36.8 Å². The lowest BCUT2D eigenvalue weighted by molar-refractivity contribution is 0.102. The largest absolute Gasteiger partial charge is 0.463 e. The lowest BCUT2D eigenvalue weighted by Crippen LogP contribution is -2.14. The van der Waals surface area contributed by atoms with Gasteiger partial charge in [-0.2, -0.15) is 0 Å². The minimum absolute atomic E-state index is 0.178. The highest BCUT2D eigenvalue weighted by Gasteiger charge is 2.09. The summed E-state index contributed by atoms with van der Waals surface area (Å²) in [5, 5.41) is 3.29. The van der Waals surface area contributed by atoms with Crippen molar-refractivity contribution in [3.8, 4) is 17.7 Å². The minimum atomic E-state index is -0.372. The molecule has 0 unspecified atom stereocenters. The molecule has 162 valence electrons. The summed E-state index contributed by atoms with van der Waals surface area (Å²) < 4.78 is 5.30. The monoisotopic (exact) mass is 446 g/mol. The summed E-state index contributed by atoms with van der Waals surface area (Å²) in [6, 6.07) is 13.1. The third kappa shape index (κ3) is 7.41. The molecule has 3 N–H and O–H groups in total. The molecular weight excluding hydrogens is 424 g/mol. The number of aliphatic imine (C=N–C) groups is 1. The first kappa shape index (κ1) is 22.8. The number of hydrogen-bond donors (Lipinski definition) is 2. The molecule has 2 aromatic heterocycles. The van der Waals surface area contributed by atoms with Gasteiger partial charge in [0.15, 0.2) is 11.8 Å². The number of pyridine rings is 1. The zero-order valence-corrected chi connectivity index (χ0v) is 18.3. The van der Waals surface area contributed by atoms with Crippen molar-refractivity contribution in [3.05, 3.63) is 78.0 Å². The number of carbonyl (C=O) groups excluding carboxylic acids is 1. The van der Waals surface area contributed by atoms with Crippen LogP contribution in [0.2, 0.25) is 0 Å². The first-order valence-electron chi connectivity index (χ1n) is 9.71. The Morgan fingerprint density at radius 1 is 1.19 bits per heavy atom. The van der Waals surface area contributed by atoms with Crippen LogP contribution in [0.4, 0.5) is 5.69 Å². The van der Waals surface area contributed by atoms with Gasteiger partial charge in [0.05, 0.1) is 24.6 Å². The smallest absolute Gasteiger partial charge is 0.275 e. The molecule has 0 bridgehead atoms. The second-order valence-electron chi connectivity index (χ2n) is 6.37. The third-order valence-corrected chi connectivity index (χ3v) is 4.89. The summed E-state index contributed by atoms with van der Waals surface area (Å²) in [4.78, 5) is 29.3. The van der Waals surface area contributed by atoms with Crippen LogP contribution < -0.4 is 15.8 Å². The number of ether oxygens (including phenoxy) is 1. The Labute approximate surface area is 190 Å². The van der Waals surface area contributed by atoms with Crippen molar-refractivity contribution in [1.29, 1.82) is 0 Å². The molecule has 0 aliphatic carbocycles. The molecule has 0 aliphatic heterocycles. The second-order valence-corrected chi connectivity index (χ2v) is 7.37. The van der Waals surface area contributed by atoms with E-state index in [9.17, 15) is 4.79 Å². The van der Waals surface area contributed by atoms with Crippen LogP contribution in [0.15, 0.2) is 66.0 Å². The van der Waals surface area contributed by atoms with Gasteiger partial charge in [-0.15, -0.1) is 5.92 Å². The fourth-order valence-electron chi connectivity index (χ4n) is 2.48. The van der Waals surface area contributed by atoms with Gasteiger partial charge < -0.3 is 15.8 Å². The number of carbonyl (C=O) groups is 1. The normalized spacial score (nSPS) is 10.7. The highest BCUT2D eigenvalue weighted by atomic mass is 32.2. The Balaban J connectivity index is 1.53. The molecule has 2 heterocycles. The number of amidine groups is 1. The molecule has 0 saturated carbocycles. The Kier molecular flexibility index (Phi) is 8.60. The number of aromatic nitrogens is 3. The van der Waals surface area contributed by atoms with Gasteiger partial charge in [0.2, 0.25) is 5.88 Å². The molecule has 0 saturated heterocycles. The van der Waals surface area contributed by atoms with Gasteiger partial charge >= 0.3 is 0 Å². The Morgan fingerprint density at radius 2 is 2.09 bits per heavy atom. The summed E-state index contributed by atoms with van der Waals surface area (Å²) in [6.45, 7) is 2.34. The molecule has 1 aromatic carbocycles. The van der Waals surface area contributed by atoms with E-state index in [4.69, 9.17) is 10.5 Å². The van der Waals surface area contributed by atoms with Crippen LogP contribution in [0.5, 0.6) is 5.88 Å². The van der Waals surface area contributed by atoms with Gasteiger partial charge in [0.25, 0.3) is 5.91 Å². The van der Waals surface area contributed by atoms with E-state index in [1.807, 2.05) is 36.4 Å². The number of nitrogens with one attached hydrogen (secondary N) is 1. The van der Waals surface area contributed by atoms with Gasteiger partial charge in [0.1, 0.15) is 5.69 Å². The molecule has 3 aromatic rings. The number of rotatable bonds is 8. The maximum absolute atomic E-state index is 12.4. The van der Waals surface area contributed by atoms with Crippen LogP contribution in [0.1, 0.15) is 28.7 Å². The molecule has 32 heavy (non-hydrogen) atoms. The summed E-state index contributed by atoms with van der Waals surface area (Å²) in [5.74, 6) is 6.08. The zero-order valence-electron chi connectivity index (χ0n) is 17.5. The predicted octanol–water partition coefficient (Wildman–Crippen LogP) is 3.27. The highest BCUT2D eigenvalue weighted by Crippen LogP contribution is 2.15. The van der Waals surface area contributed by atoms with Gasteiger partial charge in [0, 0.05) is 17.6 Å². The van der Waals surface area contributed by atoms with Crippen molar-refractivity contribution in [2.75, 3.05) is 11.9 Å². The molecule has 0 spiro atoms. The zero-order chi connectivity index (χ0) is 22.6. The number of nitrogens with zero attached hydrogens (tertiary/aromatic N) is 4. The number of anilines is 1. The molecular formula is C23H22N6O2S. The molecule has 0 radical (unpaired) electrons. The third-order valence-electron chi connectivity index (χ3n) is 4.03. The minimum Gasteiger partial charge on any atom is -0.463 e. The van der Waals surface area contributed by atoms with E-state index in [1.54, 1.807) is 19.2 Å². The summed E-state index contributed by atoms with van der Waals surface area (Å²) in [5.41, 5.74) is 8.66. The number of thioether (sulfide) groups is 1. The van der Waals surface area contributed by atoms with E-state index in [0.717, 1.165) is 11.3 Å². The van der Waals surface area contributed by atoms with Crippen LogP contribution in [0.25, 0.3) is 0 Å². The van der Waals surface area contributed by atoms with Crippen LogP contribution in [-0.2, 0) is 12.3 Å². The Hall–Kier alpha value is -3.90. The SMILES string of the molecule is CC#CCOc1cnc(C(=O)Nc2cccc(CN=C(N)SCc3ccccn3)c2)cn1. The van der Waals surface area contributed by atoms with Gasteiger partial charge in [-0.25, -0.2) is 9.97 Å². The van der Waals surface area contributed by atoms with Crippen molar-refractivity contribution in [2.24, 2.45) is 10.7 Å². The Morgan fingerprint density at radius 3 is 2.84 bits per heavy atom. The Bertz CT molecular complexity index is 1120. The summed E-state index contributed by atoms with van der Waals surface area (Å²) >= 11 is 1.43. The van der Waals surface area contributed by atoms with Crippen LogP contribution in [0.3, 0.4) is 0 Å².